The van der Waals surface area contributed by atoms with Crippen LogP contribution in [0.15, 0.2) is 48.5 Å². The van der Waals surface area contributed by atoms with Crippen LogP contribution in [0.3, 0.4) is 0 Å². The largest absolute Gasteiger partial charge is 0.497 e. The zero-order valence-electron chi connectivity index (χ0n) is 16.0. The lowest BCUT2D eigenvalue weighted by molar-refractivity contribution is -0.126. The van der Waals surface area contributed by atoms with Crippen molar-refractivity contribution in [2.24, 2.45) is 5.92 Å². The van der Waals surface area contributed by atoms with E-state index in [0.717, 1.165) is 17.7 Å². The van der Waals surface area contributed by atoms with Crippen LogP contribution >= 0.6 is 11.6 Å². The number of amides is 2. The number of nitrogens with zero attached hydrogens (tertiary/aromatic N) is 1. The highest BCUT2D eigenvalue weighted by atomic mass is 35.5. The Labute approximate surface area is 170 Å². The smallest absolute Gasteiger partial charge is 0.253 e. The lowest BCUT2D eigenvalue weighted by atomic mass is 9.95. The Morgan fingerprint density at radius 2 is 1.86 bits per heavy atom. The molecule has 0 unspecified atom stereocenters. The van der Waals surface area contributed by atoms with Crippen molar-refractivity contribution >= 4 is 23.4 Å². The Morgan fingerprint density at radius 3 is 2.50 bits per heavy atom. The Bertz CT molecular complexity index is 815. The molecule has 0 spiro atoms. The summed E-state index contributed by atoms with van der Waals surface area (Å²) in [6, 6.07) is 14.8. The summed E-state index contributed by atoms with van der Waals surface area (Å²) in [5, 5.41) is 3.57. The first-order valence-corrected chi connectivity index (χ1v) is 9.90. The molecule has 1 aliphatic rings. The van der Waals surface area contributed by atoms with Gasteiger partial charge in [0.2, 0.25) is 5.91 Å². The van der Waals surface area contributed by atoms with Gasteiger partial charge in [0.05, 0.1) is 7.11 Å². The second-order valence-electron chi connectivity index (χ2n) is 6.97. The van der Waals surface area contributed by atoms with Gasteiger partial charge in [0, 0.05) is 36.1 Å². The van der Waals surface area contributed by atoms with E-state index < -0.39 is 0 Å². The lowest BCUT2D eigenvalue weighted by Gasteiger charge is -2.31. The minimum absolute atomic E-state index is 0.0270. The molecular weight excluding hydrogens is 376 g/mol. The van der Waals surface area contributed by atoms with Crippen molar-refractivity contribution < 1.29 is 14.3 Å². The molecule has 0 aliphatic carbocycles. The molecule has 28 heavy (non-hydrogen) atoms. The van der Waals surface area contributed by atoms with E-state index in [1.165, 1.54) is 0 Å². The molecule has 1 aliphatic heterocycles. The van der Waals surface area contributed by atoms with E-state index in [4.69, 9.17) is 16.3 Å². The number of hydrogen-bond donors (Lipinski definition) is 1. The lowest BCUT2D eigenvalue weighted by Crippen LogP contribution is -2.43. The van der Waals surface area contributed by atoms with Gasteiger partial charge in [0.15, 0.2) is 0 Å². The van der Waals surface area contributed by atoms with Crippen LogP contribution in [0, 0.1) is 5.92 Å². The molecule has 2 aromatic rings. The molecule has 2 amide bonds. The van der Waals surface area contributed by atoms with Gasteiger partial charge in [0.1, 0.15) is 5.75 Å². The number of rotatable bonds is 6. The van der Waals surface area contributed by atoms with Crippen LogP contribution in [0.4, 0.5) is 0 Å². The second-order valence-corrected chi connectivity index (χ2v) is 7.40. The molecule has 0 saturated carbocycles. The van der Waals surface area contributed by atoms with E-state index in [2.05, 4.69) is 5.32 Å². The maximum absolute atomic E-state index is 12.6. The summed E-state index contributed by atoms with van der Waals surface area (Å²) >= 11 is 5.97. The van der Waals surface area contributed by atoms with E-state index in [-0.39, 0.29) is 17.7 Å². The first-order valence-electron chi connectivity index (χ1n) is 9.52. The zero-order valence-corrected chi connectivity index (χ0v) is 16.7. The van der Waals surface area contributed by atoms with Gasteiger partial charge in [-0.3, -0.25) is 9.59 Å². The van der Waals surface area contributed by atoms with Gasteiger partial charge < -0.3 is 15.0 Å². The third-order valence-electron chi connectivity index (χ3n) is 5.10. The molecule has 0 radical (unpaired) electrons. The normalized spacial score (nSPS) is 14.6. The minimum Gasteiger partial charge on any atom is -0.497 e. The predicted molar refractivity (Wildman–Crippen MR) is 110 cm³/mol. The summed E-state index contributed by atoms with van der Waals surface area (Å²) in [6.07, 6.45) is 2.14. The fourth-order valence-corrected chi connectivity index (χ4v) is 3.61. The van der Waals surface area contributed by atoms with Gasteiger partial charge in [-0.05, 0) is 55.2 Å². The quantitative estimate of drug-likeness (QED) is 0.806. The van der Waals surface area contributed by atoms with Gasteiger partial charge in [-0.1, -0.05) is 29.8 Å². The zero-order chi connectivity index (χ0) is 19.9. The average molecular weight is 401 g/mol. The molecule has 1 heterocycles. The summed E-state index contributed by atoms with van der Waals surface area (Å²) in [5.41, 5.74) is 1.75. The molecule has 148 valence electrons. The molecule has 2 aromatic carbocycles. The first kappa shape index (κ1) is 20.2. The summed E-state index contributed by atoms with van der Waals surface area (Å²) in [4.78, 5) is 26.8. The number of likely N-dealkylation sites (tertiary alicyclic amines) is 1. The van der Waals surface area contributed by atoms with Crippen molar-refractivity contribution in [3.05, 3.63) is 64.7 Å². The van der Waals surface area contributed by atoms with Crippen LogP contribution in [0.5, 0.6) is 5.75 Å². The predicted octanol–water partition coefficient (Wildman–Crippen LogP) is 3.56. The molecule has 5 nitrogen and oxygen atoms in total. The van der Waals surface area contributed by atoms with Crippen LogP contribution in [-0.2, 0) is 11.2 Å². The molecule has 3 rings (SSSR count). The van der Waals surface area contributed by atoms with Crippen molar-refractivity contribution in [1.29, 1.82) is 0 Å². The second kappa shape index (κ2) is 9.60. The Hall–Kier alpha value is -2.53. The number of nitrogens with one attached hydrogen (secondary N) is 1. The number of hydrogen-bond acceptors (Lipinski definition) is 3. The molecule has 0 bridgehead atoms. The minimum atomic E-state index is -0.0423. The summed E-state index contributed by atoms with van der Waals surface area (Å²) in [5.74, 6) is 0.829. The van der Waals surface area contributed by atoms with Gasteiger partial charge in [-0.15, -0.1) is 0 Å². The number of methoxy groups -OCH3 is 1. The number of ether oxygens (including phenoxy) is 1. The first-order chi connectivity index (χ1) is 13.6. The average Bonchev–Trinajstić information content (AvgIpc) is 2.73. The van der Waals surface area contributed by atoms with E-state index in [9.17, 15) is 9.59 Å². The maximum atomic E-state index is 12.6. The van der Waals surface area contributed by atoms with Crippen LogP contribution in [-0.4, -0.2) is 43.5 Å². The molecule has 1 saturated heterocycles. The van der Waals surface area contributed by atoms with Gasteiger partial charge in [-0.2, -0.15) is 0 Å². The van der Waals surface area contributed by atoms with E-state index >= 15 is 0 Å². The summed E-state index contributed by atoms with van der Waals surface area (Å²) in [7, 11) is 1.64. The monoisotopic (exact) mass is 400 g/mol. The Morgan fingerprint density at radius 1 is 1.14 bits per heavy atom. The van der Waals surface area contributed by atoms with Gasteiger partial charge in [0.25, 0.3) is 5.91 Å². The molecule has 6 heteroatoms. The van der Waals surface area contributed by atoms with Crippen LogP contribution in [0.25, 0.3) is 0 Å². The fourth-order valence-electron chi connectivity index (χ4n) is 3.42. The highest BCUT2D eigenvalue weighted by molar-refractivity contribution is 6.30. The topological polar surface area (TPSA) is 58.6 Å². The number of carbonyl (C=O) groups excluding carboxylic acids is 2. The van der Waals surface area contributed by atoms with E-state index in [1.54, 1.807) is 36.3 Å². The highest BCUT2D eigenvalue weighted by Crippen LogP contribution is 2.20. The summed E-state index contributed by atoms with van der Waals surface area (Å²) in [6.45, 7) is 1.77. The molecule has 1 N–H and O–H groups in total. The summed E-state index contributed by atoms with van der Waals surface area (Å²) < 4.78 is 5.15. The van der Waals surface area contributed by atoms with Crippen molar-refractivity contribution in [3.8, 4) is 5.75 Å². The van der Waals surface area contributed by atoms with Crippen molar-refractivity contribution in [2.45, 2.75) is 19.3 Å². The number of halogens is 1. The van der Waals surface area contributed by atoms with E-state index in [1.807, 2.05) is 24.3 Å². The third-order valence-corrected chi connectivity index (χ3v) is 5.33. The Balaban J connectivity index is 1.42. The number of benzene rings is 2. The van der Waals surface area contributed by atoms with Crippen molar-refractivity contribution in [1.82, 2.24) is 10.2 Å². The van der Waals surface area contributed by atoms with Crippen molar-refractivity contribution in [2.75, 3.05) is 26.7 Å². The van der Waals surface area contributed by atoms with Gasteiger partial charge >= 0.3 is 0 Å². The molecule has 0 aromatic heterocycles. The van der Waals surface area contributed by atoms with Crippen molar-refractivity contribution in [3.63, 3.8) is 0 Å². The maximum Gasteiger partial charge on any atom is 0.253 e. The number of piperidine rings is 1. The fraction of sp³-hybridized carbons (Fsp3) is 0.364. The third kappa shape index (κ3) is 5.26. The standard InChI is InChI=1S/C22H25ClN2O3/c1-28-20-7-5-16(6-8-20)9-12-24-21(26)17-10-13-25(14-11-17)22(27)18-3-2-4-19(23)15-18/h2-8,15,17H,9-14H2,1H3,(H,24,26). The molecule has 0 atom stereocenters. The van der Waals surface area contributed by atoms with Gasteiger partial charge in [-0.25, -0.2) is 0 Å². The van der Waals surface area contributed by atoms with Crippen LogP contribution in [0.1, 0.15) is 28.8 Å². The van der Waals surface area contributed by atoms with Crippen LogP contribution in [0.2, 0.25) is 5.02 Å². The molecule has 1 fully saturated rings. The molecular formula is C22H25ClN2O3. The SMILES string of the molecule is COc1ccc(CCNC(=O)C2CCN(C(=O)c3cccc(Cl)c3)CC2)cc1. The highest BCUT2D eigenvalue weighted by Gasteiger charge is 2.27. The van der Waals surface area contributed by atoms with Crippen LogP contribution < -0.4 is 10.1 Å². The number of carbonyl (C=O) groups is 2. The van der Waals surface area contributed by atoms with E-state index in [0.29, 0.717) is 43.1 Å². The Kier molecular flexibility index (Phi) is 6.93.